The van der Waals surface area contributed by atoms with Crippen LogP contribution in [0.25, 0.3) is 0 Å². The molecule has 0 radical (unpaired) electrons. The van der Waals surface area contributed by atoms with Crippen molar-refractivity contribution >= 4 is 11.7 Å². The van der Waals surface area contributed by atoms with Gasteiger partial charge in [-0.15, -0.1) is 0 Å². The summed E-state index contributed by atoms with van der Waals surface area (Å²) in [5.74, 6) is -0.489. The number of aliphatic carboxylic acids is 1. The number of methoxy groups -OCH3 is 1. The number of carboxylic acid groups (broad SMARTS) is 1. The van der Waals surface area contributed by atoms with Crippen molar-refractivity contribution < 1.29 is 14.6 Å². The van der Waals surface area contributed by atoms with E-state index in [2.05, 4.69) is 10.3 Å². The van der Waals surface area contributed by atoms with Crippen molar-refractivity contribution in [3.63, 3.8) is 0 Å². The van der Waals surface area contributed by atoms with Gasteiger partial charge < -0.3 is 15.2 Å². The van der Waals surface area contributed by atoms with Gasteiger partial charge in [-0.1, -0.05) is 0 Å². The van der Waals surface area contributed by atoms with Gasteiger partial charge in [0.2, 0.25) is 5.88 Å². The van der Waals surface area contributed by atoms with E-state index in [1.165, 1.54) is 13.3 Å². The predicted molar refractivity (Wildman–Crippen MR) is 51.2 cm³/mol. The topological polar surface area (TPSA) is 71.5 Å². The summed E-state index contributed by atoms with van der Waals surface area (Å²) < 4.78 is 4.86. The summed E-state index contributed by atoms with van der Waals surface area (Å²) in [5.41, 5.74) is 0.698. The summed E-state index contributed by atoms with van der Waals surface area (Å²) in [4.78, 5) is 14.1. The minimum atomic E-state index is -1.00. The van der Waals surface area contributed by atoms with E-state index in [1.54, 1.807) is 18.3 Å². The number of hydrogen-bond acceptors (Lipinski definition) is 4. The van der Waals surface area contributed by atoms with E-state index in [1.807, 2.05) is 0 Å². The van der Waals surface area contributed by atoms with Gasteiger partial charge in [0.05, 0.1) is 19.0 Å². The molecule has 0 bridgehead atoms. The van der Waals surface area contributed by atoms with E-state index >= 15 is 0 Å². The largest absolute Gasteiger partial charge is 0.481 e. The zero-order valence-corrected chi connectivity index (χ0v) is 7.60. The SMILES string of the molecule is COc1ccc(N/C=C/C(=O)O)cn1. The Morgan fingerprint density at radius 3 is 2.93 bits per heavy atom. The highest BCUT2D eigenvalue weighted by Crippen LogP contribution is 2.10. The van der Waals surface area contributed by atoms with Crippen LogP contribution in [0, 0.1) is 0 Å². The molecule has 0 saturated heterocycles. The molecule has 0 spiro atoms. The molecule has 0 atom stereocenters. The van der Waals surface area contributed by atoms with Gasteiger partial charge in [-0.2, -0.15) is 0 Å². The van der Waals surface area contributed by atoms with Crippen LogP contribution in [0.4, 0.5) is 5.69 Å². The van der Waals surface area contributed by atoms with E-state index < -0.39 is 5.97 Å². The number of aromatic nitrogens is 1. The fourth-order valence-corrected chi connectivity index (χ4v) is 0.796. The lowest BCUT2D eigenvalue weighted by Crippen LogP contribution is -1.93. The van der Waals surface area contributed by atoms with E-state index in [0.717, 1.165) is 6.08 Å². The molecule has 1 aromatic heterocycles. The highest BCUT2D eigenvalue weighted by atomic mass is 16.5. The van der Waals surface area contributed by atoms with Gasteiger partial charge in [0.25, 0.3) is 0 Å². The number of carbonyl (C=O) groups is 1. The first-order valence-electron chi connectivity index (χ1n) is 3.88. The van der Waals surface area contributed by atoms with Crippen LogP contribution in [0.5, 0.6) is 5.88 Å². The number of anilines is 1. The third-order valence-corrected chi connectivity index (χ3v) is 1.42. The smallest absolute Gasteiger partial charge is 0.329 e. The van der Waals surface area contributed by atoms with Crippen LogP contribution < -0.4 is 10.1 Å². The molecule has 74 valence electrons. The Morgan fingerprint density at radius 1 is 1.64 bits per heavy atom. The van der Waals surface area contributed by atoms with Crippen LogP contribution in [0.2, 0.25) is 0 Å². The van der Waals surface area contributed by atoms with Crippen molar-refractivity contribution in [2.45, 2.75) is 0 Å². The third-order valence-electron chi connectivity index (χ3n) is 1.42. The standard InChI is InChI=1S/C9H10N2O3/c1-14-8-3-2-7(6-11-8)10-5-4-9(12)13/h2-6,10H,1H3,(H,12,13)/b5-4+. The number of pyridine rings is 1. The lowest BCUT2D eigenvalue weighted by Gasteiger charge is -2.00. The second-order valence-corrected chi connectivity index (χ2v) is 2.41. The zero-order chi connectivity index (χ0) is 10.4. The third kappa shape index (κ3) is 3.14. The monoisotopic (exact) mass is 194 g/mol. The fourth-order valence-electron chi connectivity index (χ4n) is 0.796. The second-order valence-electron chi connectivity index (χ2n) is 2.41. The average molecular weight is 194 g/mol. The fraction of sp³-hybridized carbons (Fsp3) is 0.111. The number of nitrogens with zero attached hydrogens (tertiary/aromatic N) is 1. The van der Waals surface area contributed by atoms with Gasteiger partial charge in [0, 0.05) is 18.3 Å². The molecule has 14 heavy (non-hydrogen) atoms. The van der Waals surface area contributed by atoms with Crippen LogP contribution in [0.1, 0.15) is 0 Å². The predicted octanol–water partition coefficient (Wildman–Crippen LogP) is 1.10. The normalized spacial score (nSPS) is 10.1. The summed E-state index contributed by atoms with van der Waals surface area (Å²) in [5, 5.41) is 11.1. The molecule has 5 heteroatoms. The minimum absolute atomic E-state index is 0.512. The number of ether oxygens (including phenoxy) is 1. The van der Waals surface area contributed by atoms with E-state index in [4.69, 9.17) is 9.84 Å². The molecule has 5 nitrogen and oxygen atoms in total. The highest BCUT2D eigenvalue weighted by molar-refractivity contribution is 5.80. The maximum Gasteiger partial charge on any atom is 0.329 e. The molecule has 0 aliphatic carbocycles. The Morgan fingerprint density at radius 2 is 2.43 bits per heavy atom. The lowest BCUT2D eigenvalue weighted by molar-refractivity contribution is -0.131. The highest BCUT2D eigenvalue weighted by Gasteiger charge is 1.92. The molecule has 0 aromatic carbocycles. The zero-order valence-electron chi connectivity index (χ0n) is 7.60. The Kier molecular flexibility index (Phi) is 3.49. The molecule has 1 heterocycles. The van der Waals surface area contributed by atoms with Crippen molar-refractivity contribution in [1.82, 2.24) is 4.98 Å². The summed E-state index contributed by atoms with van der Waals surface area (Å²) in [6.07, 6.45) is 3.88. The number of rotatable bonds is 4. The van der Waals surface area contributed by atoms with E-state index in [-0.39, 0.29) is 0 Å². The lowest BCUT2D eigenvalue weighted by atomic mass is 10.4. The maximum atomic E-state index is 10.1. The number of carboxylic acids is 1. The Hall–Kier alpha value is -2.04. The van der Waals surface area contributed by atoms with Gasteiger partial charge in [0.1, 0.15) is 0 Å². The van der Waals surface area contributed by atoms with Crippen molar-refractivity contribution in [1.29, 1.82) is 0 Å². The molecular formula is C9H10N2O3. The Balaban J connectivity index is 2.56. The van der Waals surface area contributed by atoms with Crippen molar-refractivity contribution in [3.05, 3.63) is 30.6 Å². The first kappa shape index (κ1) is 10.0. The molecular weight excluding hydrogens is 184 g/mol. The molecule has 1 rings (SSSR count). The minimum Gasteiger partial charge on any atom is -0.481 e. The van der Waals surface area contributed by atoms with Crippen LogP contribution >= 0.6 is 0 Å². The van der Waals surface area contributed by atoms with E-state index in [9.17, 15) is 4.79 Å². The maximum absolute atomic E-state index is 10.1. The van der Waals surface area contributed by atoms with Crippen LogP contribution in [0.3, 0.4) is 0 Å². The van der Waals surface area contributed by atoms with Crippen molar-refractivity contribution in [2.24, 2.45) is 0 Å². The molecule has 0 fully saturated rings. The molecule has 1 aromatic rings. The van der Waals surface area contributed by atoms with Gasteiger partial charge in [-0.3, -0.25) is 0 Å². The quantitative estimate of drug-likeness (QED) is 0.702. The first-order chi connectivity index (χ1) is 6.72. The van der Waals surface area contributed by atoms with Gasteiger partial charge in [-0.25, -0.2) is 9.78 Å². The second kappa shape index (κ2) is 4.86. The summed E-state index contributed by atoms with van der Waals surface area (Å²) in [6, 6.07) is 3.41. The first-order valence-corrected chi connectivity index (χ1v) is 3.88. The molecule has 0 aliphatic rings. The molecule has 0 unspecified atom stereocenters. The Labute approximate surface area is 81.0 Å². The summed E-state index contributed by atoms with van der Waals surface area (Å²) in [7, 11) is 1.53. The van der Waals surface area contributed by atoms with E-state index in [0.29, 0.717) is 11.6 Å². The van der Waals surface area contributed by atoms with Gasteiger partial charge in [0.15, 0.2) is 0 Å². The summed E-state index contributed by atoms with van der Waals surface area (Å²) in [6.45, 7) is 0. The van der Waals surface area contributed by atoms with Crippen molar-refractivity contribution in [3.8, 4) is 5.88 Å². The number of hydrogen-bond donors (Lipinski definition) is 2. The number of nitrogens with one attached hydrogen (secondary N) is 1. The van der Waals surface area contributed by atoms with Crippen molar-refractivity contribution in [2.75, 3.05) is 12.4 Å². The van der Waals surface area contributed by atoms with Gasteiger partial charge >= 0.3 is 5.97 Å². The Bertz CT molecular complexity index is 332. The molecule has 0 amide bonds. The molecule has 2 N–H and O–H groups in total. The van der Waals surface area contributed by atoms with Crippen LogP contribution in [-0.2, 0) is 4.79 Å². The summed E-state index contributed by atoms with van der Waals surface area (Å²) >= 11 is 0. The molecule has 0 saturated carbocycles. The van der Waals surface area contributed by atoms with Gasteiger partial charge in [-0.05, 0) is 6.07 Å². The molecule has 0 aliphatic heterocycles. The average Bonchev–Trinajstić information content (AvgIpc) is 2.18. The van der Waals surface area contributed by atoms with Crippen LogP contribution in [0.15, 0.2) is 30.6 Å². The van der Waals surface area contributed by atoms with Crippen LogP contribution in [-0.4, -0.2) is 23.2 Å².